The molecule has 1 aromatic carbocycles. The maximum atomic E-state index is 3.75. The molecule has 2 rings (SSSR count). The van der Waals surface area contributed by atoms with E-state index >= 15 is 0 Å². The van der Waals surface area contributed by atoms with Crippen molar-refractivity contribution in [3.63, 3.8) is 0 Å². The number of nitrogens with one attached hydrogen (secondary N) is 1. The second-order valence-electron chi connectivity index (χ2n) is 6.73. The van der Waals surface area contributed by atoms with Crippen LogP contribution in [0.1, 0.15) is 45.6 Å². The Kier molecular flexibility index (Phi) is 6.72. The van der Waals surface area contributed by atoms with Crippen molar-refractivity contribution in [1.82, 2.24) is 10.2 Å². The Hall–Kier alpha value is -0.380. The topological polar surface area (TPSA) is 15.3 Å². The zero-order valence-corrected chi connectivity index (χ0v) is 15.2. The Morgan fingerprint density at radius 1 is 1.29 bits per heavy atom. The minimum atomic E-state index is 0.661. The lowest BCUT2D eigenvalue weighted by molar-refractivity contribution is 0.103. The summed E-state index contributed by atoms with van der Waals surface area (Å²) in [5.74, 6) is 0.756. The summed E-state index contributed by atoms with van der Waals surface area (Å²) < 4.78 is 1.16. The van der Waals surface area contributed by atoms with Crippen molar-refractivity contribution in [1.29, 1.82) is 0 Å². The van der Waals surface area contributed by atoms with Gasteiger partial charge in [0.15, 0.2) is 0 Å². The van der Waals surface area contributed by atoms with E-state index in [0.29, 0.717) is 12.1 Å². The molecule has 1 fully saturated rings. The SMILES string of the molecule is CCCC1CN(Cc2ccc(Br)cc2)C(CC(C)C)CN1. The molecule has 0 saturated carbocycles. The van der Waals surface area contributed by atoms with Crippen LogP contribution in [0.4, 0.5) is 0 Å². The third-order valence-corrected chi connectivity index (χ3v) is 4.82. The maximum absolute atomic E-state index is 3.75. The fourth-order valence-electron chi connectivity index (χ4n) is 3.26. The van der Waals surface area contributed by atoms with Gasteiger partial charge in [-0.05, 0) is 36.5 Å². The van der Waals surface area contributed by atoms with Gasteiger partial charge in [-0.15, -0.1) is 0 Å². The summed E-state index contributed by atoms with van der Waals surface area (Å²) in [6, 6.07) is 10.1. The van der Waals surface area contributed by atoms with E-state index in [1.54, 1.807) is 0 Å². The van der Waals surface area contributed by atoms with Crippen LogP contribution in [0.15, 0.2) is 28.7 Å². The largest absolute Gasteiger partial charge is 0.311 e. The van der Waals surface area contributed by atoms with E-state index in [9.17, 15) is 0 Å². The van der Waals surface area contributed by atoms with E-state index in [1.165, 1.54) is 31.4 Å². The first-order valence-corrected chi connectivity index (χ1v) is 9.09. The predicted octanol–water partition coefficient (Wildman–Crippen LogP) is 4.44. The molecule has 0 bridgehead atoms. The number of rotatable bonds is 6. The maximum Gasteiger partial charge on any atom is 0.0237 e. The Morgan fingerprint density at radius 2 is 2.00 bits per heavy atom. The summed E-state index contributed by atoms with van der Waals surface area (Å²) in [4.78, 5) is 2.69. The van der Waals surface area contributed by atoms with E-state index < -0.39 is 0 Å². The molecule has 118 valence electrons. The first-order chi connectivity index (χ1) is 10.1. The normalized spacial score (nSPS) is 23.7. The van der Waals surface area contributed by atoms with Crippen molar-refractivity contribution < 1.29 is 0 Å². The first-order valence-electron chi connectivity index (χ1n) is 8.30. The van der Waals surface area contributed by atoms with Gasteiger partial charge in [-0.3, -0.25) is 4.90 Å². The number of piperazine rings is 1. The van der Waals surface area contributed by atoms with Crippen LogP contribution in [0.5, 0.6) is 0 Å². The van der Waals surface area contributed by atoms with Crippen LogP contribution < -0.4 is 5.32 Å². The van der Waals surface area contributed by atoms with Gasteiger partial charge in [0.25, 0.3) is 0 Å². The molecule has 1 heterocycles. The molecule has 21 heavy (non-hydrogen) atoms. The summed E-state index contributed by atoms with van der Waals surface area (Å²) in [7, 11) is 0. The molecule has 2 unspecified atom stereocenters. The fraction of sp³-hybridized carbons (Fsp3) is 0.667. The van der Waals surface area contributed by atoms with Gasteiger partial charge in [-0.25, -0.2) is 0 Å². The number of halogens is 1. The van der Waals surface area contributed by atoms with E-state index in [4.69, 9.17) is 0 Å². The molecule has 2 nitrogen and oxygen atoms in total. The zero-order valence-electron chi connectivity index (χ0n) is 13.6. The van der Waals surface area contributed by atoms with Crippen molar-refractivity contribution in [2.75, 3.05) is 13.1 Å². The Morgan fingerprint density at radius 3 is 2.62 bits per heavy atom. The average Bonchev–Trinajstić information content (AvgIpc) is 2.44. The van der Waals surface area contributed by atoms with E-state index in [1.807, 2.05) is 0 Å². The molecule has 0 aromatic heterocycles. The quantitative estimate of drug-likeness (QED) is 0.814. The van der Waals surface area contributed by atoms with Gasteiger partial charge in [0.1, 0.15) is 0 Å². The molecule has 1 aliphatic rings. The molecule has 0 spiro atoms. The zero-order chi connectivity index (χ0) is 15.2. The van der Waals surface area contributed by atoms with Gasteiger partial charge in [-0.1, -0.05) is 55.3 Å². The van der Waals surface area contributed by atoms with Gasteiger partial charge < -0.3 is 5.32 Å². The number of benzene rings is 1. The standard InChI is InChI=1S/C18H29BrN2/c1-4-5-17-13-21(18(11-20-17)10-14(2)3)12-15-6-8-16(19)9-7-15/h6-9,14,17-18,20H,4-5,10-13H2,1-3H3. The monoisotopic (exact) mass is 352 g/mol. The molecule has 0 radical (unpaired) electrons. The molecule has 1 N–H and O–H groups in total. The lowest BCUT2D eigenvalue weighted by Crippen LogP contribution is -2.56. The van der Waals surface area contributed by atoms with Crippen LogP contribution in [-0.2, 0) is 6.54 Å². The summed E-state index contributed by atoms with van der Waals surface area (Å²) >= 11 is 3.52. The van der Waals surface area contributed by atoms with Crippen LogP contribution in [0.2, 0.25) is 0 Å². The Balaban J connectivity index is 2.03. The highest BCUT2D eigenvalue weighted by Gasteiger charge is 2.27. The second kappa shape index (κ2) is 8.30. The highest BCUT2D eigenvalue weighted by Crippen LogP contribution is 2.20. The third-order valence-electron chi connectivity index (χ3n) is 4.29. The van der Waals surface area contributed by atoms with Crippen LogP contribution in [0.25, 0.3) is 0 Å². The number of hydrogen-bond acceptors (Lipinski definition) is 2. The van der Waals surface area contributed by atoms with Crippen molar-refractivity contribution in [3.05, 3.63) is 34.3 Å². The van der Waals surface area contributed by atoms with Crippen molar-refractivity contribution >= 4 is 15.9 Å². The first kappa shape index (κ1) is 17.0. The van der Waals surface area contributed by atoms with Gasteiger partial charge in [0, 0.05) is 36.2 Å². The van der Waals surface area contributed by atoms with Crippen molar-refractivity contribution in [3.8, 4) is 0 Å². The number of nitrogens with zero attached hydrogens (tertiary/aromatic N) is 1. The molecule has 3 heteroatoms. The highest BCUT2D eigenvalue weighted by molar-refractivity contribution is 9.10. The molecule has 0 amide bonds. The fourth-order valence-corrected chi connectivity index (χ4v) is 3.53. The molecule has 0 aliphatic carbocycles. The van der Waals surface area contributed by atoms with E-state index in [0.717, 1.165) is 23.5 Å². The van der Waals surface area contributed by atoms with Gasteiger partial charge in [-0.2, -0.15) is 0 Å². The highest BCUT2D eigenvalue weighted by atomic mass is 79.9. The lowest BCUT2D eigenvalue weighted by atomic mass is 9.97. The minimum absolute atomic E-state index is 0.661. The van der Waals surface area contributed by atoms with Crippen LogP contribution in [0, 0.1) is 5.92 Å². The summed E-state index contributed by atoms with van der Waals surface area (Å²) in [5, 5.41) is 3.75. The molecule has 2 atom stereocenters. The molecule has 1 saturated heterocycles. The van der Waals surface area contributed by atoms with Crippen molar-refractivity contribution in [2.45, 2.75) is 58.7 Å². The smallest absolute Gasteiger partial charge is 0.0237 e. The van der Waals surface area contributed by atoms with Gasteiger partial charge in [0.2, 0.25) is 0 Å². The van der Waals surface area contributed by atoms with E-state index in [-0.39, 0.29) is 0 Å². The Bertz CT molecular complexity index is 416. The minimum Gasteiger partial charge on any atom is -0.311 e. The average molecular weight is 353 g/mol. The van der Waals surface area contributed by atoms with E-state index in [2.05, 4.69) is 71.2 Å². The van der Waals surface area contributed by atoms with Gasteiger partial charge >= 0.3 is 0 Å². The Labute approximate surface area is 138 Å². The summed E-state index contributed by atoms with van der Waals surface area (Å²) in [6.07, 6.45) is 3.83. The summed E-state index contributed by atoms with van der Waals surface area (Å²) in [6.45, 7) is 10.3. The molecular weight excluding hydrogens is 324 g/mol. The third kappa shape index (κ3) is 5.39. The van der Waals surface area contributed by atoms with Gasteiger partial charge in [0.05, 0.1) is 0 Å². The van der Waals surface area contributed by atoms with Crippen LogP contribution >= 0.6 is 15.9 Å². The number of hydrogen-bond donors (Lipinski definition) is 1. The molecule has 1 aromatic rings. The molecular formula is C18H29BrN2. The molecule has 1 aliphatic heterocycles. The lowest BCUT2D eigenvalue weighted by Gasteiger charge is -2.41. The summed E-state index contributed by atoms with van der Waals surface area (Å²) in [5.41, 5.74) is 1.42. The predicted molar refractivity (Wildman–Crippen MR) is 94.5 cm³/mol. The van der Waals surface area contributed by atoms with Crippen LogP contribution in [-0.4, -0.2) is 30.1 Å². The second-order valence-corrected chi connectivity index (χ2v) is 7.65. The van der Waals surface area contributed by atoms with Crippen LogP contribution in [0.3, 0.4) is 0 Å². The van der Waals surface area contributed by atoms with Crippen molar-refractivity contribution in [2.24, 2.45) is 5.92 Å².